The molecule has 6 rings (SSSR count). The summed E-state index contributed by atoms with van der Waals surface area (Å²) in [6, 6.07) is 24.2. The number of fused-ring (bicyclic) bond motifs is 2. The second kappa shape index (κ2) is 9.84. The van der Waals surface area contributed by atoms with Crippen LogP contribution in [0.2, 0.25) is 0 Å². The van der Waals surface area contributed by atoms with Crippen LogP contribution in [0, 0.1) is 5.41 Å². The molecule has 1 amide bonds. The Balaban J connectivity index is 1.19. The maximum absolute atomic E-state index is 13.7. The minimum Gasteiger partial charge on any atom is -0.438 e. The fourth-order valence-corrected chi connectivity index (χ4v) is 5.68. The van der Waals surface area contributed by atoms with Crippen molar-refractivity contribution in [1.29, 1.82) is 0 Å². The predicted molar refractivity (Wildman–Crippen MR) is 150 cm³/mol. The molecule has 7 heteroatoms. The number of hydrogen-bond donors (Lipinski definition) is 1. The Morgan fingerprint density at radius 2 is 1.66 bits per heavy atom. The van der Waals surface area contributed by atoms with Gasteiger partial charge in [-0.1, -0.05) is 62.4 Å². The first-order valence-corrected chi connectivity index (χ1v) is 13.3. The van der Waals surface area contributed by atoms with Crippen molar-refractivity contribution in [3.05, 3.63) is 119 Å². The summed E-state index contributed by atoms with van der Waals surface area (Å²) in [5, 5.41) is 5.68. The fourth-order valence-electron chi connectivity index (χ4n) is 4.97. The number of rotatable bonds is 6. The summed E-state index contributed by atoms with van der Waals surface area (Å²) in [5.41, 5.74) is 5.46. The van der Waals surface area contributed by atoms with Crippen LogP contribution in [0.3, 0.4) is 0 Å². The quantitative estimate of drug-likeness (QED) is 0.260. The lowest BCUT2D eigenvalue weighted by atomic mass is 9.70. The van der Waals surface area contributed by atoms with E-state index >= 15 is 0 Å². The van der Waals surface area contributed by atoms with Crippen molar-refractivity contribution in [1.82, 2.24) is 15.0 Å². The first-order valence-electron chi connectivity index (χ1n) is 12.5. The predicted octanol–water partition coefficient (Wildman–Crippen LogP) is 7.09. The first kappa shape index (κ1) is 24.0. The first-order chi connectivity index (χ1) is 18.5. The topological polar surface area (TPSA) is 77.0 Å². The molecule has 0 saturated heterocycles. The van der Waals surface area contributed by atoms with Gasteiger partial charge in [-0.2, -0.15) is 0 Å². The highest BCUT2D eigenvalue weighted by atomic mass is 32.1. The number of nitrogens with zero attached hydrogens (tertiary/aromatic N) is 3. The van der Waals surface area contributed by atoms with Gasteiger partial charge in [0, 0.05) is 47.4 Å². The SMILES string of the molecule is CC(C)(C(=O)Nc1nc(Cc2ccc(-c3ccncc3)cc2)cs1)C1c2ccccc2Oc2ncccc21. The van der Waals surface area contributed by atoms with Gasteiger partial charge in [-0.15, -0.1) is 11.3 Å². The van der Waals surface area contributed by atoms with E-state index < -0.39 is 5.41 Å². The van der Waals surface area contributed by atoms with E-state index in [1.54, 1.807) is 18.6 Å². The molecule has 1 atom stereocenters. The van der Waals surface area contributed by atoms with Gasteiger partial charge in [0.05, 0.1) is 11.1 Å². The molecule has 2 aromatic carbocycles. The van der Waals surface area contributed by atoms with Gasteiger partial charge in [-0.3, -0.25) is 9.78 Å². The van der Waals surface area contributed by atoms with E-state index in [2.05, 4.69) is 39.6 Å². The number of ether oxygens (including phenoxy) is 1. The summed E-state index contributed by atoms with van der Waals surface area (Å²) in [6.45, 7) is 3.93. The van der Waals surface area contributed by atoms with E-state index in [9.17, 15) is 4.79 Å². The molecule has 38 heavy (non-hydrogen) atoms. The van der Waals surface area contributed by atoms with Crippen LogP contribution in [0.5, 0.6) is 11.6 Å². The molecule has 1 aliphatic heterocycles. The van der Waals surface area contributed by atoms with Crippen LogP contribution in [0.25, 0.3) is 11.1 Å². The highest BCUT2D eigenvalue weighted by molar-refractivity contribution is 7.13. The van der Waals surface area contributed by atoms with Crippen LogP contribution in [-0.4, -0.2) is 20.9 Å². The fraction of sp³-hybridized carbons (Fsp3) is 0.161. The molecule has 0 fully saturated rings. The maximum atomic E-state index is 13.7. The van der Waals surface area contributed by atoms with Crippen LogP contribution < -0.4 is 10.1 Å². The molecule has 0 aliphatic carbocycles. The third-order valence-corrected chi connectivity index (χ3v) is 7.79. The third kappa shape index (κ3) is 4.57. The molecule has 0 saturated carbocycles. The van der Waals surface area contributed by atoms with Gasteiger partial charge in [0.25, 0.3) is 0 Å². The van der Waals surface area contributed by atoms with E-state index in [0.29, 0.717) is 17.4 Å². The smallest absolute Gasteiger partial charge is 0.232 e. The van der Waals surface area contributed by atoms with Gasteiger partial charge in [0.15, 0.2) is 5.13 Å². The van der Waals surface area contributed by atoms with Crippen LogP contribution in [-0.2, 0) is 11.2 Å². The molecule has 0 radical (unpaired) electrons. The lowest BCUT2D eigenvalue weighted by Gasteiger charge is -2.37. The van der Waals surface area contributed by atoms with Crippen LogP contribution in [0.15, 0.2) is 96.8 Å². The monoisotopic (exact) mass is 518 g/mol. The van der Waals surface area contributed by atoms with Crippen LogP contribution >= 0.6 is 11.3 Å². The molecule has 3 aromatic heterocycles. The van der Waals surface area contributed by atoms with Crippen molar-refractivity contribution in [2.45, 2.75) is 26.2 Å². The normalized spacial score (nSPS) is 14.2. The Labute approximate surface area is 225 Å². The van der Waals surface area contributed by atoms with Crippen molar-refractivity contribution in [2.75, 3.05) is 5.32 Å². The number of carbonyl (C=O) groups is 1. The van der Waals surface area contributed by atoms with Crippen molar-refractivity contribution >= 4 is 22.4 Å². The van der Waals surface area contributed by atoms with Gasteiger partial charge in [-0.05, 0) is 41.0 Å². The zero-order valence-corrected chi connectivity index (χ0v) is 21.9. The summed E-state index contributed by atoms with van der Waals surface area (Å²) in [4.78, 5) is 26.9. The number of thiazole rings is 1. The average Bonchev–Trinajstić information content (AvgIpc) is 3.38. The lowest BCUT2D eigenvalue weighted by molar-refractivity contribution is -0.124. The third-order valence-electron chi connectivity index (χ3n) is 6.98. The highest BCUT2D eigenvalue weighted by Gasteiger charge is 2.44. The van der Waals surface area contributed by atoms with Crippen molar-refractivity contribution in [2.24, 2.45) is 5.41 Å². The van der Waals surface area contributed by atoms with E-state index in [1.165, 1.54) is 11.3 Å². The second-order valence-electron chi connectivity index (χ2n) is 9.90. The number of amides is 1. The zero-order chi connectivity index (χ0) is 26.1. The number of hydrogen-bond acceptors (Lipinski definition) is 6. The Morgan fingerprint density at radius 3 is 2.47 bits per heavy atom. The molecule has 4 heterocycles. The van der Waals surface area contributed by atoms with Crippen LogP contribution in [0.1, 0.15) is 42.1 Å². The molecule has 6 nitrogen and oxygen atoms in total. The van der Waals surface area contributed by atoms with Gasteiger partial charge in [0.1, 0.15) is 5.75 Å². The molecule has 1 aliphatic rings. The van der Waals surface area contributed by atoms with E-state index in [0.717, 1.165) is 39.3 Å². The summed E-state index contributed by atoms with van der Waals surface area (Å²) in [6.07, 6.45) is 6.00. The number of pyridine rings is 2. The lowest BCUT2D eigenvalue weighted by Crippen LogP contribution is -2.38. The maximum Gasteiger partial charge on any atom is 0.232 e. The number of anilines is 1. The molecule has 1 unspecified atom stereocenters. The summed E-state index contributed by atoms with van der Waals surface area (Å²) in [5.74, 6) is 0.964. The molecular formula is C31H26N4O2S. The van der Waals surface area contributed by atoms with E-state index in [4.69, 9.17) is 9.72 Å². The van der Waals surface area contributed by atoms with Crippen LogP contribution in [0.4, 0.5) is 5.13 Å². The Hall–Kier alpha value is -4.36. The second-order valence-corrected chi connectivity index (χ2v) is 10.8. The summed E-state index contributed by atoms with van der Waals surface area (Å²) in [7, 11) is 0. The minimum absolute atomic E-state index is 0.100. The zero-order valence-electron chi connectivity index (χ0n) is 21.1. The van der Waals surface area contributed by atoms with E-state index in [1.807, 2.05) is 67.8 Å². The standard InChI is InChI=1S/C31H26N4O2S/c1-31(2,27-24-6-3-4-8-26(24)37-28-25(27)7-5-15-33-28)29(36)35-30-34-23(19-38-30)18-20-9-11-21(12-10-20)22-13-16-32-17-14-22/h3-17,19,27H,18H2,1-2H3,(H,34,35,36). The number of carbonyl (C=O) groups excluding carboxylic acids is 1. The molecule has 5 aromatic rings. The summed E-state index contributed by atoms with van der Waals surface area (Å²) < 4.78 is 6.04. The largest absolute Gasteiger partial charge is 0.438 e. The number of nitrogens with one attached hydrogen (secondary N) is 1. The Kier molecular flexibility index (Phi) is 6.21. The summed E-state index contributed by atoms with van der Waals surface area (Å²) >= 11 is 1.44. The number of para-hydroxylation sites is 1. The van der Waals surface area contributed by atoms with Crippen molar-refractivity contribution in [3.63, 3.8) is 0 Å². The van der Waals surface area contributed by atoms with Gasteiger partial charge in [0.2, 0.25) is 11.8 Å². The molecular weight excluding hydrogens is 492 g/mol. The molecule has 0 spiro atoms. The van der Waals surface area contributed by atoms with Gasteiger partial charge in [-0.25, -0.2) is 9.97 Å². The van der Waals surface area contributed by atoms with Crippen molar-refractivity contribution in [3.8, 4) is 22.8 Å². The minimum atomic E-state index is -0.785. The molecule has 0 bridgehead atoms. The van der Waals surface area contributed by atoms with Crippen molar-refractivity contribution < 1.29 is 9.53 Å². The van der Waals surface area contributed by atoms with E-state index in [-0.39, 0.29) is 11.8 Å². The highest BCUT2D eigenvalue weighted by Crippen LogP contribution is 2.51. The number of aromatic nitrogens is 3. The van der Waals surface area contributed by atoms with Gasteiger partial charge < -0.3 is 10.1 Å². The Morgan fingerprint density at radius 1 is 0.921 bits per heavy atom. The molecule has 188 valence electrons. The Bertz CT molecular complexity index is 1550. The molecule has 1 N–H and O–H groups in total. The number of benzene rings is 2. The average molecular weight is 519 g/mol. The van der Waals surface area contributed by atoms with Gasteiger partial charge >= 0.3 is 0 Å².